The molecule has 0 aromatic heterocycles. The molecule has 2 N–H and O–H groups in total. The molecule has 2 aromatic carbocycles. The van der Waals surface area contributed by atoms with Crippen molar-refractivity contribution < 1.29 is 19.1 Å². The number of rotatable bonds is 5. The molecule has 0 saturated carbocycles. The Labute approximate surface area is 169 Å². The highest BCUT2D eigenvalue weighted by atomic mass is 16.5. The van der Waals surface area contributed by atoms with E-state index in [1.807, 2.05) is 12.1 Å². The van der Waals surface area contributed by atoms with Gasteiger partial charge < -0.3 is 15.0 Å². The van der Waals surface area contributed by atoms with Gasteiger partial charge in [0.1, 0.15) is 12.1 Å². The Morgan fingerprint density at radius 1 is 1.14 bits per heavy atom. The third-order valence-electron chi connectivity index (χ3n) is 5.54. The summed E-state index contributed by atoms with van der Waals surface area (Å²) in [7, 11) is 0. The second-order valence-corrected chi connectivity index (χ2v) is 7.47. The molecule has 2 aliphatic rings. The zero-order valence-corrected chi connectivity index (χ0v) is 16.2. The van der Waals surface area contributed by atoms with Gasteiger partial charge in [0.2, 0.25) is 0 Å². The lowest BCUT2D eigenvalue weighted by atomic mass is 9.91. The molecule has 7 heteroatoms. The van der Waals surface area contributed by atoms with Crippen LogP contribution in [-0.2, 0) is 21.5 Å². The normalized spacial score (nSPS) is 20.7. The fraction of sp³-hybridized carbons (Fsp3) is 0.318. The predicted octanol–water partition coefficient (Wildman–Crippen LogP) is 2.35. The Hall–Kier alpha value is -3.35. The molecule has 1 atom stereocenters. The number of hydrogen-bond donors (Lipinski definition) is 2. The predicted molar refractivity (Wildman–Crippen MR) is 108 cm³/mol. The van der Waals surface area contributed by atoms with Crippen molar-refractivity contribution >= 4 is 23.6 Å². The molecule has 0 spiro atoms. The lowest BCUT2D eigenvalue weighted by Gasteiger charge is -2.31. The van der Waals surface area contributed by atoms with Crippen molar-refractivity contribution in [1.82, 2.24) is 10.6 Å². The minimum absolute atomic E-state index is 0.297. The zero-order chi connectivity index (χ0) is 20.4. The fourth-order valence-corrected chi connectivity index (χ4v) is 3.86. The van der Waals surface area contributed by atoms with Gasteiger partial charge >= 0.3 is 12.0 Å². The van der Waals surface area contributed by atoms with Gasteiger partial charge in [0, 0.05) is 12.2 Å². The second-order valence-electron chi connectivity index (χ2n) is 7.47. The summed E-state index contributed by atoms with van der Waals surface area (Å²) >= 11 is 0. The van der Waals surface area contributed by atoms with E-state index in [-0.39, 0.29) is 0 Å². The summed E-state index contributed by atoms with van der Waals surface area (Å²) in [6.07, 6.45) is 2.17. The molecule has 0 bridgehead atoms. The van der Waals surface area contributed by atoms with E-state index in [4.69, 9.17) is 4.74 Å². The first-order valence-corrected chi connectivity index (χ1v) is 9.71. The van der Waals surface area contributed by atoms with Gasteiger partial charge in [0.05, 0.1) is 12.1 Å². The molecule has 0 unspecified atom stereocenters. The first kappa shape index (κ1) is 19.0. The number of hydrogen-bond acceptors (Lipinski definition) is 5. The number of carbonyl (C=O) groups excluding carboxylic acids is 3. The van der Waals surface area contributed by atoms with E-state index in [1.165, 1.54) is 11.3 Å². The topological polar surface area (TPSA) is 87.7 Å². The fourth-order valence-electron chi connectivity index (χ4n) is 3.86. The van der Waals surface area contributed by atoms with Crippen molar-refractivity contribution in [1.29, 1.82) is 0 Å². The van der Waals surface area contributed by atoms with Gasteiger partial charge in [-0.3, -0.25) is 10.1 Å². The number of para-hydroxylation sites is 1. The van der Waals surface area contributed by atoms with Crippen molar-refractivity contribution in [2.75, 3.05) is 24.6 Å². The molecule has 29 heavy (non-hydrogen) atoms. The average Bonchev–Trinajstić information content (AvgIpc) is 3.00. The highest BCUT2D eigenvalue weighted by Crippen LogP contribution is 2.27. The average molecular weight is 393 g/mol. The SMILES string of the molecule is C[C@]1(c2ccc(C(=O)OCCN3CCCc4ccccc43)cc2)NC(=O)NC1=O. The molecule has 1 fully saturated rings. The molecule has 2 aromatic rings. The molecule has 7 nitrogen and oxygen atoms in total. The molecular weight excluding hydrogens is 370 g/mol. The van der Waals surface area contributed by atoms with E-state index in [0.717, 1.165) is 19.4 Å². The van der Waals surface area contributed by atoms with Crippen LogP contribution in [0.15, 0.2) is 48.5 Å². The molecule has 4 rings (SSSR count). The highest BCUT2D eigenvalue weighted by Gasteiger charge is 2.43. The Morgan fingerprint density at radius 2 is 1.90 bits per heavy atom. The lowest BCUT2D eigenvalue weighted by molar-refractivity contribution is -0.123. The largest absolute Gasteiger partial charge is 0.460 e. The lowest BCUT2D eigenvalue weighted by Crippen LogP contribution is -2.40. The molecule has 2 aliphatic heterocycles. The van der Waals surface area contributed by atoms with Crippen molar-refractivity contribution in [3.8, 4) is 0 Å². The van der Waals surface area contributed by atoms with Crippen LogP contribution in [-0.4, -0.2) is 37.6 Å². The van der Waals surface area contributed by atoms with Crippen LogP contribution in [0.25, 0.3) is 0 Å². The van der Waals surface area contributed by atoms with Crippen LogP contribution in [0.3, 0.4) is 0 Å². The summed E-state index contributed by atoms with van der Waals surface area (Å²) in [5, 5.41) is 4.83. The number of carbonyl (C=O) groups is 3. The van der Waals surface area contributed by atoms with E-state index >= 15 is 0 Å². The number of nitrogens with one attached hydrogen (secondary N) is 2. The zero-order valence-electron chi connectivity index (χ0n) is 16.2. The van der Waals surface area contributed by atoms with Crippen LogP contribution >= 0.6 is 0 Å². The number of ether oxygens (including phenoxy) is 1. The van der Waals surface area contributed by atoms with Crippen LogP contribution in [0.1, 0.15) is 34.8 Å². The third-order valence-corrected chi connectivity index (χ3v) is 5.54. The van der Waals surface area contributed by atoms with Gasteiger partial charge in [0.25, 0.3) is 5.91 Å². The first-order valence-electron chi connectivity index (χ1n) is 9.71. The van der Waals surface area contributed by atoms with Gasteiger partial charge in [0.15, 0.2) is 0 Å². The maximum Gasteiger partial charge on any atom is 0.338 e. The van der Waals surface area contributed by atoms with Gasteiger partial charge in [-0.15, -0.1) is 0 Å². The van der Waals surface area contributed by atoms with E-state index in [0.29, 0.717) is 24.3 Å². The van der Waals surface area contributed by atoms with Gasteiger partial charge in [-0.1, -0.05) is 30.3 Å². The number of imide groups is 1. The van der Waals surface area contributed by atoms with Crippen molar-refractivity contribution in [2.24, 2.45) is 0 Å². The Kier molecular flexibility index (Phi) is 4.96. The summed E-state index contributed by atoms with van der Waals surface area (Å²) in [6.45, 7) is 3.52. The standard InChI is InChI=1S/C22H23N3O4/c1-22(20(27)23-21(28)24-22)17-10-8-16(9-11-17)19(26)29-14-13-25-12-4-6-15-5-2-3-7-18(15)25/h2-3,5,7-11H,4,6,12-14H2,1H3,(H2,23,24,27,28)/t22-/m1/s1. The summed E-state index contributed by atoms with van der Waals surface area (Å²) in [5.74, 6) is -0.827. The molecule has 3 amide bonds. The number of esters is 1. The van der Waals surface area contributed by atoms with E-state index in [9.17, 15) is 14.4 Å². The summed E-state index contributed by atoms with van der Waals surface area (Å²) in [4.78, 5) is 38.1. The molecule has 150 valence electrons. The molecule has 0 radical (unpaired) electrons. The molecule has 2 heterocycles. The van der Waals surface area contributed by atoms with Gasteiger partial charge in [-0.25, -0.2) is 9.59 Å². The summed E-state index contributed by atoms with van der Waals surface area (Å²) in [6, 6.07) is 14.3. The quantitative estimate of drug-likeness (QED) is 0.601. The molecular formula is C22H23N3O4. The van der Waals surface area contributed by atoms with Crippen molar-refractivity contribution in [2.45, 2.75) is 25.3 Å². The number of benzene rings is 2. The number of amides is 3. The van der Waals surface area contributed by atoms with Crippen LogP contribution in [0.4, 0.5) is 10.5 Å². The smallest absolute Gasteiger partial charge is 0.338 e. The van der Waals surface area contributed by atoms with Gasteiger partial charge in [-0.05, 0) is 49.1 Å². The molecule has 1 saturated heterocycles. The number of anilines is 1. The number of aryl methyl sites for hydroxylation is 1. The highest BCUT2D eigenvalue weighted by molar-refractivity contribution is 6.07. The summed E-state index contributed by atoms with van der Waals surface area (Å²) < 4.78 is 5.44. The first-order chi connectivity index (χ1) is 14.0. The number of fused-ring (bicyclic) bond motifs is 1. The van der Waals surface area contributed by atoms with Gasteiger partial charge in [-0.2, -0.15) is 0 Å². The Morgan fingerprint density at radius 3 is 2.62 bits per heavy atom. The van der Waals surface area contributed by atoms with Crippen LogP contribution < -0.4 is 15.5 Å². The number of nitrogens with zero attached hydrogens (tertiary/aromatic N) is 1. The molecule has 0 aliphatic carbocycles. The van der Waals surface area contributed by atoms with Crippen LogP contribution in [0.5, 0.6) is 0 Å². The minimum Gasteiger partial charge on any atom is -0.460 e. The monoisotopic (exact) mass is 393 g/mol. The maximum atomic E-state index is 12.4. The van der Waals surface area contributed by atoms with Crippen LogP contribution in [0.2, 0.25) is 0 Å². The van der Waals surface area contributed by atoms with Crippen molar-refractivity contribution in [3.63, 3.8) is 0 Å². The van der Waals surface area contributed by atoms with E-state index < -0.39 is 23.4 Å². The minimum atomic E-state index is -1.14. The third kappa shape index (κ3) is 3.68. The van der Waals surface area contributed by atoms with Crippen molar-refractivity contribution in [3.05, 3.63) is 65.2 Å². The maximum absolute atomic E-state index is 12.4. The second kappa shape index (κ2) is 7.58. The van der Waals surface area contributed by atoms with Crippen LogP contribution in [0, 0.1) is 0 Å². The summed E-state index contributed by atoms with van der Waals surface area (Å²) in [5.41, 5.74) is 2.41. The van der Waals surface area contributed by atoms with E-state index in [1.54, 1.807) is 31.2 Å². The van der Waals surface area contributed by atoms with E-state index in [2.05, 4.69) is 27.7 Å². The number of urea groups is 1. The Bertz CT molecular complexity index is 957. The Balaban J connectivity index is 1.35.